The van der Waals surface area contributed by atoms with Crippen LogP contribution in [0.15, 0.2) is 84.8 Å². The Hall–Kier alpha value is -3.84. The van der Waals surface area contributed by atoms with Gasteiger partial charge < -0.3 is 5.11 Å². The minimum absolute atomic E-state index is 0. The van der Waals surface area contributed by atoms with Gasteiger partial charge in [-0.05, 0) is 78.2 Å². The molecule has 0 fully saturated rings. The summed E-state index contributed by atoms with van der Waals surface area (Å²) in [5.74, 6) is 0.547. The zero-order valence-corrected chi connectivity index (χ0v) is 39.6. The molecule has 59 heavy (non-hydrogen) atoms. The largest absolute Gasteiger partial charge is 0.512 e. The van der Waals surface area contributed by atoms with Crippen molar-refractivity contribution in [2.45, 2.75) is 120 Å². The number of aliphatic hydroxyl groups excluding tert-OH is 1. The Morgan fingerprint density at radius 2 is 1.47 bits per heavy atom. The molecule has 0 aliphatic carbocycles. The van der Waals surface area contributed by atoms with Crippen LogP contribution in [0.25, 0.3) is 53.3 Å². The molecule has 6 rings (SSSR count). The molecule has 0 aliphatic rings. The second kappa shape index (κ2) is 19.3. The van der Waals surface area contributed by atoms with Gasteiger partial charge in [0.1, 0.15) is 0 Å². The zero-order valence-electron chi connectivity index (χ0n) is 36.4. The summed E-state index contributed by atoms with van der Waals surface area (Å²) in [6.45, 7) is 23.3. The number of carbonyl (C=O) groups excluding carboxylic acids is 1. The van der Waals surface area contributed by atoms with E-state index >= 15 is 0 Å². The number of nitrogens with zero attached hydrogens (tertiary/aromatic N) is 1. The van der Waals surface area contributed by atoms with E-state index in [9.17, 15) is 23.1 Å². The molecular weight excluding hydrogens is 940 g/mol. The predicted molar refractivity (Wildman–Crippen MR) is 240 cm³/mol. The number of aromatic nitrogens is 1. The van der Waals surface area contributed by atoms with Crippen LogP contribution in [0.4, 0.5) is 13.2 Å². The van der Waals surface area contributed by atoms with Crippen molar-refractivity contribution in [3.05, 3.63) is 113 Å². The van der Waals surface area contributed by atoms with Gasteiger partial charge in [0, 0.05) is 70.1 Å². The number of halogens is 3. The summed E-state index contributed by atoms with van der Waals surface area (Å²) in [4.78, 5) is 16.2. The van der Waals surface area contributed by atoms with Gasteiger partial charge in [-0.1, -0.05) is 129 Å². The van der Waals surface area contributed by atoms with Gasteiger partial charge >= 0.3 is 6.18 Å². The van der Waals surface area contributed by atoms with Crippen LogP contribution in [0.3, 0.4) is 0 Å². The summed E-state index contributed by atoms with van der Waals surface area (Å²) in [5.41, 5.74) is 6.17. The Morgan fingerprint density at radius 1 is 0.831 bits per heavy atom. The Morgan fingerprint density at radius 3 is 2.05 bits per heavy atom. The van der Waals surface area contributed by atoms with E-state index in [2.05, 4.69) is 89.8 Å². The van der Waals surface area contributed by atoms with Crippen LogP contribution in [0.2, 0.25) is 0 Å². The van der Waals surface area contributed by atoms with Crippen molar-refractivity contribution in [1.82, 2.24) is 4.98 Å². The van der Waals surface area contributed by atoms with Crippen molar-refractivity contribution in [3.63, 3.8) is 0 Å². The van der Waals surface area contributed by atoms with E-state index in [4.69, 9.17) is 0 Å². The molecule has 1 N–H and O–H groups in total. The van der Waals surface area contributed by atoms with Crippen LogP contribution in [0, 0.1) is 30.2 Å². The number of carbonyl (C=O) groups is 1. The van der Waals surface area contributed by atoms with E-state index in [0.29, 0.717) is 21.3 Å². The second-order valence-corrected chi connectivity index (χ2v) is 18.9. The van der Waals surface area contributed by atoms with E-state index in [1.807, 2.05) is 64.1 Å². The Bertz CT molecular complexity index is 2440. The fraction of sp³-hybridized carbons (Fsp3) is 0.412. The first-order valence-corrected chi connectivity index (χ1v) is 21.4. The number of thiophene rings is 1. The third kappa shape index (κ3) is 11.1. The van der Waals surface area contributed by atoms with Gasteiger partial charge in [-0.2, -0.15) is 13.2 Å². The fourth-order valence-electron chi connectivity index (χ4n) is 7.89. The minimum Gasteiger partial charge on any atom is -0.512 e. The van der Waals surface area contributed by atoms with Gasteiger partial charge in [0.2, 0.25) is 0 Å². The normalized spacial score (nSPS) is 12.6. The number of fused-ring (bicyclic) bond motifs is 4. The Labute approximate surface area is 366 Å². The first-order valence-electron chi connectivity index (χ1n) is 20.6. The molecule has 2 heterocycles. The molecule has 0 atom stereocenters. The first-order chi connectivity index (χ1) is 27.2. The summed E-state index contributed by atoms with van der Waals surface area (Å²) >= 11 is 1.38. The van der Waals surface area contributed by atoms with Crippen LogP contribution < -0.4 is 0 Å². The van der Waals surface area contributed by atoms with Gasteiger partial charge in [0.15, 0.2) is 5.78 Å². The molecule has 0 amide bonds. The molecule has 2 aromatic heterocycles. The molecule has 4 aromatic carbocycles. The molecule has 0 unspecified atom stereocenters. The molecule has 317 valence electrons. The van der Waals surface area contributed by atoms with E-state index < -0.39 is 11.7 Å². The predicted octanol–water partition coefficient (Wildman–Crippen LogP) is 15.8. The van der Waals surface area contributed by atoms with Gasteiger partial charge in [-0.15, -0.1) is 40.5 Å². The number of pyridine rings is 1. The number of aliphatic hydroxyl groups is 1. The number of benzene rings is 4. The van der Waals surface area contributed by atoms with Crippen molar-refractivity contribution in [3.8, 4) is 22.4 Å². The van der Waals surface area contributed by atoms with Crippen LogP contribution in [-0.2, 0) is 42.9 Å². The van der Waals surface area contributed by atoms with Crippen LogP contribution in [0.5, 0.6) is 0 Å². The number of rotatable bonds is 10. The molecule has 6 aromatic rings. The maximum Gasteiger partial charge on any atom is 0.418 e. The number of allylic oxidation sites excluding steroid dienone is 2. The zero-order chi connectivity index (χ0) is 42.7. The second-order valence-electron chi connectivity index (χ2n) is 17.8. The molecular formula is C51H59F3IrNO2S-. The molecule has 0 bridgehead atoms. The topological polar surface area (TPSA) is 50.2 Å². The van der Waals surface area contributed by atoms with Crippen molar-refractivity contribution in [1.29, 1.82) is 0 Å². The molecule has 0 spiro atoms. The van der Waals surface area contributed by atoms with Crippen LogP contribution >= 0.6 is 11.3 Å². The number of aryl methyl sites for hydroxylation is 1. The Kier molecular flexibility index (Phi) is 15.6. The van der Waals surface area contributed by atoms with E-state index in [-0.39, 0.29) is 59.7 Å². The summed E-state index contributed by atoms with van der Waals surface area (Å²) in [5, 5.41) is 12.6. The average Bonchev–Trinajstić information content (AvgIpc) is 3.52. The van der Waals surface area contributed by atoms with Crippen molar-refractivity contribution in [2.24, 2.45) is 17.3 Å². The van der Waals surface area contributed by atoms with Gasteiger partial charge in [-0.3, -0.25) is 9.78 Å². The van der Waals surface area contributed by atoms with Gasteiger partial charge in [0.25, 0.3) is 0 Å². The minimum atomic E-state index is -4.53. The van der Waals surface area contributed by atoms with E-state index in [1.165, 1.54) is 23.0 Å². The molecule has 1 radical (unpaired) electrons. The number of ketones is 1. The average molecular weight is 999 g/mol. The van der Waals surface area contributed by atoms with Crippen molar-refractivity contribution in [2.75, 3.05) is 0 Å². The molecule has 0 aliphatic heterocycles. The summed E-state index contributed by atoms with van der Waals surface area (Å²) in [7, 11) is 0. The fourth-order valence-corrected chi connectivity index (χ4v) is 9.15. The monoisotopic (exact) mass is 999 g/mol. The Balaban J connectivity index is 0.000000411. The van der Waals surface area contributed by atoms with Gasteiger partial charge in [-0.25, -0.2) is 0 Å². The maximum atomic E-state index is 14.4. The van der Waals surface area contributed by atoms with E-state index in [0.717, 1.165) is 76.0 Å². The summed E-state index contributed by atoms with van der Waals surface area (Å²) in [6.07, 6.45) is 2.35. The number of alkyl halides is 3. The SMILES string of the molecule is CCC(CC)C(=O)/C=C(\O)C(CC)CC.Cc1cc(CC(C)(C)C)ccc1-c1ccc2c(c1)sc1c(-c3[c-]c4ccccc4c(C(C)(C)C)c3)ncc(C(F)(F)F)c12.[Ir]. The smallest absolute Gasteiger partial charge is 0.418 e. The molecule has 3 nitrogen and oxygen atoms in total. The number of hydrogen-bond donors (Lipinski definition) is 1. The number of hydrogen-bond acceptors (Lipinski definition) is 4. The third-order valence-electron chi connectivity index (χ3n) is 11.1. The van der Waals surface area contributed by atoms with Crippen LogP contribution in [0.1, 0.15) is 117 Å². The first kappa shape index (κ1) is 47.8. The third-order valence-corrected chi connectivity index (χ3v) is 12.2. The molecule has 8 heteroatoms. The molecule has 0 saturated heterocycles. The van der Waals surface area contributed by atoms with E-state index in [1.54, 1.807) is 0 Å². The maximum absolute atomic E-state index is 14.4. The van der Waals surface area contributed by atoms with Crippen molar-refractivity contribution >= 4 is 48.1 Å². The van der Waals surface area contributed by atoms with Crippen molar-refractivity contribution < 1.29 is 43.2 Å². The standard InChI is InChI=1S/C38H35F3NS.C13H24O2.Ir/c1-22-16-23(20-36(2,3)4)12-14-27(22)25-13-15-29-32(19-25)43-35-33(29)31(38(39,40)41)21-42-34(35)26-17-24-10-8-9-11-28(24)30(18-26)37(5,6)7;1-5-10(6-2)12(14)9-13(15)11(7-3)8-4;/h8-16,18-19,21H,20H2,1-7H3;9-11,14H,5-8H2,1-4H3;/q-1;;/b;12-9-;. The molecule has 0 saturated carbocycles. The summed E-state index contributed by atoms with van der Waals surface area (Å²) in [6, 6.07) is 25.9. The summed E-state index contributed by atoms with van der Waals surface area (Å²) < 4.78 is 44.5. The quantitative estimate of drug-likeness (QED) is 0.0845. The van der Waals surface area contributed by atoms with Crippen LogP contribution in [-0.4, -0.2) is 15.9 Å². The van der Waals surface area contributed by atoms with Gasteiger partial charge in [0.05, 0.1) is 11.3 Å².